The summed E-state index contributed by atoms with van der Waals surface area (Å²) < 4.78 is 9.69. The van der Waals surface area contributed by atoms with Crippen molar-refractivity contribution in [1.29, 1.82) is 0 Å². The SMILES string of the molecule is COCCOC(=O)C(CC(C)=O)=C(C)C.[Ti]. The first-order valence-electron chi connectivity index (χ1n) is 4.81. The predicted octanol–water partition coefficient (Wildman–Crippen LogP) is 1.49. The third-order valence-corrected chi connectivity index (χ3v) is 1.80. The molecule has 0 aliphatic rings. The molecule has 0 saturated carbocycles. The first-order valence-corrected chi connectivity index (χ1v) is 4.81. The molecule has 0 radical (unpaired) electrons. The minimum absolute atomic E-state index is 0. The molecule has 0 aliphatic carbocycles. The first-order chi connectivity index (χ1) is 6.99. The van der Waals surface area contributed by atoms with Gasteiger partial charge in [0.05, 0.1) is 6.61 Å². The number of ketones is 1. The molecule has 0 amide bonds. The molecule has 0 saturated heterocycles. The quantitative estimate of drug-likeness (QED) is 0.315. The topological polar surface area (TPSA) is 52.6 Å². The summed E-state index contributed by atoms with van der Waals surface area (Å²) in [6, 6.07) is 0. The summed E-state index contributed by atoms with van der Waals surface area (Å²) in [6.45, 7) is 5.60. The molecule has 90 valence electrons. The number of ether oxygens (including phenoxy) is 2. The molecular formula is C11H18O4Ti. The zero-order valence-corrected chi connectivity index (χ0v) is 11.8. The summed E-state index contributed by atoms with van der Waals surface area (Å²) in [5.74, 6) is -0.475. The Hall–Kier alpha value is -0.446. The molecule has 0 N–H and O–H groups in total. The number of allylic oxidation sites excluding steroid dienone is 1. The van der Waals surface area contributed by atoms with E-state index in [0.717, 1.165) is 5.57 Å². The fraction of sp³-hybridized carbons (Fsp3) is 0.636. The number of carbonyl (C=O) groups excluding carboxylic acids is 2. The average Bonchev–Trinajstić information content (AvgIpc) is 2.13. The molecule has 0 aliphatic heterocycles. The van der Waals surface area contributed by atoms with E-state index in [1.165, 1.54) is 14.0 Å². The largest absolute Gasteiger partial charge is 0.460 e. The maximum absolute atomic E-state index is 11.5. The zero-order chi connectivity index (χ0) is 11.8. The molecule has 0 aromatic carbocycles. The van der Waals surface area contributed by atoms with Gasteiger partial charge in [0, 0.05) is 40.8 Å². The van der Waals surface area contributed by atoms with Gasteiger partial charge in [-0.2, -0.15) is 0 Å². The van der Waals surface area contributed by atoms with Crippen LogP contribution in [0.15, 0.2) is 11.1 Å². The number of rotatable bonds is 6. The van der Waals surface area contributed by atoms with Crippen molar-refractivity contribution in [2.45, 2.75) is 27.2 Å². The Morgan fingerprint density at radius 1 is 1.06 bits per heavy atom. The molecule has 0 spiro atoms. The van der Waals surface area contributed by atoms with Crippen LogP contribution in [0.5, 0.6) is 0 Å². The van der Waals surface area contributed by atoms with Gasteiger partial charge in [0.2, 0.25) is 0 Å². The minimum Gasteiger partial charge on any atom is -0.460 e. The van der Waals surface area contributed by atoms with Crippen LogP contribution in [0.2, 0.25) is 0 Å². The van der Waals surface area contributed by atoms with Crippen molar-refractivity contribution in [1.82, 2.24) is 0 Å². The van der Waals surface area contributed by atoms with Gasteiger partial charge in [-0.1, -0.05) is 5.57 Å². The molecule has 0 aromatic rings. The molecule has 5 heteroatoms. The van der Waals surface area contributed by atoms with Gasteiger partial charge in [-0.25, -0.2) is 4.79 Å². The van der Waals surface area contributed by atoms with Crippen molar-refractivity contribution in [2.75, 3.05) is 20.3 Å². The molecule has 0 unspecified atom stereocenters. The smallest absolute Gasteiger partial charge is 0.334 e. The monoisotopic (exact) mass is 262 g/mol. The maximum atomic E-state index is 11.5. The Balaban J connectivity index is 0. The van der Waals surface area contributed by atoms with E-state index in [9.17, 15) is 9.59 Å². The standard InChI is InChI=1S/C11H18O4.Ti/c1-8(2)10(7-9(3)12)11(13)15-6-5-14-4;/h5-7H2,1-4H3;. The van der Waals surface area contributed by atoms with Gasteiger partial charge >= 0.3 is 5.97 Å². The van der Waals surface area contributed by atoms with Crippen LogP contribution in [-0.4, -0.2) is 32.1 Å². The molecule has 0 bridgehead atoms. The predicted molar refractivity (Wildman–Crippen MR) is 56.5 cm³/mol. The Bertz CT molecular complexity index is 267. The van der Waals surface area contributed by atoms with Crippen molar-refractivity contribution < 1.29 is 40.8 Å². The number of methoxy groups -OCH3 is 1. The van der Waals surface area contributed by atoms with E-state index in [-0.39, 0.29) is 40.5 Å². The van der Waals surface area contributed by atoms with Crippen molar-refractivity contribution >= 4 is 11.8 Å². The van der Waals surface area contributed by atoms with E-state index in [2.05, 4.69) is 0 Å². The molecule has 0 heterocycles. The molecule has 0 aromatic heterocycles. The number of hydrogen-bond acceptors (Lipinski definition) is 4. The van der Waals surface area contributed by atoms with Gasteiger partial charge in [-0.05, 0) is 20.8 Å². The van der Waals surface area contributed by atoms with Crippen molar-refractivity contribution in [3.05, 3.63) is 11.1 Å². The summed E-state index contributed by atoms with van der Waals surface area (Å²) in [5.41, 5.74) is 1.26. The van der Waals surface area contributed by atoms with Crippen LogP contribution in [0.1, 0.15) is 27.2 Å². The van der Waals surface area contributed by atoms with Crippen molar-refractivity contribution in [3.63, 3.8) is 0 Å². The summed E-state index contributed by atoms with van der Waals surface area (Å²) in [4.78, 5) is 22.4. The molecular weight excluding hydrogens is 244 g/mol. The fourth-order valence-corrected chi connectivity index (χ4v) is 1.01. The zero-order valence-electron chi connectivity index (χ0n) is 10.3. The third-order valence-electron chi connectivity index (χ3n) is 1.80. The van der Waals surface area contributed by atoms with E-state index >= 15 is 0 Å². The minimum atomic E-state index is -0.428. The second kappa shape index (κ2) is 9.76. The Kier molecular flexibility index (Phi) is 10.9. The van der Waals surface area contributed by atoms with Crippen LogP contribution >= 0.6 is 0 Å². The summed E-state index contributed by atoms with van der Waals surface area (Å²) in [5, 5.41) is 0. The van der Waals surface area contributed by atoms with Gasteiger partial charge in [0.1, 0.15) is 12.4 Å². The van der Waals surface area contributed by atoms with Gasteiger partial charge in [0.25, 0.3) is 0 Å². The van der Waals surface area contributed by atoms with Crippen LogP contribution < -0.4 is 0 Å². The van der Waals surface area contributed by atoms with E-state index in [1.807, 2.05) is 0 Å². The number of carbonyl (C=O) groups is 2. The maximum Gasteiger partial charge on any atom is 0.334 e. The Morgan fingerprint density at radius 3 is 2.00 bits per heavy atom. The van der Waals surface area contributed by atoms with Crippen LogP contribution in [-0.2, 0) is 40.8 Å². The molecule has 0 atom stereocenters. The van der Waals surface area contributed by atoms with Crippen LogP contribution in [0.4, 0.5) is 0 Å². The van der Waals surface area contributed by atoms with Crippen LogP contribution in [0.3, 0.4) is 0 Å². The molecule has 16 heavy (non-hydrogen) atoms. The normalized spacial score (nSPS) is 9.00. The summed E-state index contributed by atoms with van der Waals surface area (Å²) in [7, 11) is 1.53. The van der Waals surface area contributed by atoms with Gasteiger partial charge in [0.15, 0.2) is 0 Å². The van der Waals surface area contributed by atoms with Crippen molar-refractivity contribution in [2.24, 2.45) is 0 Å². The van der Waals surface area contributed by atoms with Crippen LogP contribution in [0.25, 0.3) is 0 Å². The molecule has 0 rings (SSSR count). The summed E-state index contributed by atoms with van der Waals surface area (Å²) >= 11 is 0. The molecule has 4 nitrogen and oxygen atoms in total. The van der Waals surface area contributed by atoms with E-state index in [1.54, 1.807) is 13.8 Å². The first kappa shape index (κ1) is 17.9. The Morgan fingerprint density at radius 2 is 1.62 bits per heavy atom. The average molecular weight is 262 g/mol. The van der Waals surface area contributed by atoms with Gasteiger partial charge < -0.3 is 9.47 Å². The third kappa shape index (κ3) is 7.80. The second-order valence-electron chi connectivity index (χ2n) is 3.49. The van der Waals surface area contributed by atoms with Crippen LogP contribution in [0, 0.1) is 0 Å². The van der Waals surface area contributed by atoms with Gasteiger partial charge in [-0.15, -0.1) is 0 Å². The molecule has 0 fully saturated rings. The van der Waals surface area contributed by atoms with Gasteiger partial charge in [-0.3, -0.25) is 4.79 Å². The second-order valence-corrected chi connectivity index (χ2v) is 3.49. The van der Waals surface area contributed by atoms with Crippen molar-refractivity contribution in [3.8, 4) is 0 Å². The fourth-order valence-electron chi connectivity index (χ4n) is 1.01. The summed E-state index contributed by atoms with van der Waals surface area (Å²) in [6.07, 6.45) is 0.133. The van der Waals surface area contributed by atoms with E-state index in [0.29, 0.717) is 12.2 Å². The number of Topliss-reactive ketones (excluding diaryl/α,β-unsaturated/α-hetero) is 1. The number of hydrogen-bond donors (Lipinski definition) is 0. The number of esters is 1. The Labute approximate surface area is 111 Å². The van der Waals surface area contributed by atoms with E-state index < -0.39 is 5.97 Å². The van der Waals surface area contributed by atoms with E-state index in [4.69, 9.17) is 9.47 Å².